The van der Waals surface area contributed by atoms with Crippen molar-refractivity contribution in [3.8, 4) is 17.2 Å². The van der Waals surface area contributed by atoms with Crippen LogP contribution in [0.3, 0.4) is 0 Å². The molecule has 1 rings (SSSR count). The van der Waals surface area contributed by atoms with Crippen molar-refractivity contribution < 1.29 is 14.2 Å². The second-order valence-corrected chi connectivity index (χ2v) is 4.55. The Morgan fingerprint density at radius 3 is 1.94 bits per heavy atom. The molecule has 0 heterocycles. The number of benzene rings is 1. The number of methoxy groups -OCH3 is 3. The fraction of sp³-hybridized carbons (Fsp3) is 0.500. The summed E-state index contributed by atoms with van der Waals surface area (Å²) in [6, 6.07) is 1.85. The van der Waals surface area contributed by atoms with Crippen LogP contribution in [-0.4, -0.2) is 21.3 Å². The van der Waals surface area contributed by atoms with Gasteiger partial charge in [0.15, 0.2) is 11.5 Å². The molecule has 0 aliphatic heterocycles. The van der Waals surface area contributed by atoms with Crippen molar-refractivity contribution in [2.24, 2.45) is 0 Å². The van der Waals surface area contributed by atoms with Crippen LogP contribution in [0.5, 0.6) is 17.2 Å². The Morgan fingerprint density at radius 1 is 1.00 bits per heavy atom. The molecule has 90 valence electrons. The first-order chi connectivity index (χ1) is 7.56. The zero-order valence-corrected chi connectivity index (χ0v) is 11.8. The lowest BCUT2D eigenvalue weighted by atomic mass is 10.0. The predicted molar refractivity (Wildman–Crippen MR) is 67.9 cm³/mol. The quantitative estimate of drug-likeness (QED) is 0.847. The van der Waals surface area contributed by atoms with Crippen molar-refractivity contribution in [3.05, 3.63) is 16.1 Å². The minimum Gasteiger partial charge on any atom is -0.495 e. The van der Waals surface area contributed by atoms with E-state index in [1.165, 1.54) is 0 Å². The predicted octanol–water partition coefficient (Wildman–Crippen LogP) is 3.60. The molecular weight excluding hydrogens is 272 g/mol. The van der Waals surface area contributed by atoms with Crippen molar-refractivity contribution in [1.82, 2.24) is 0 Å². The summed E-state index contributed by atoms with van der Waals surface area (Å²) >= 11 is 3.47. The molecule has 0 saturated carbocycles. The average molecular weight is 289 g/mol. The van der Waals surface area contributed by atoms with E-state index < -0.39 is 0 Å². The summed E-state index contributed by atoms with van der Waals surface area (Å²) in [6.07, 6.45) is 0. The fourth-order valence-electron chi connectivity index (χ4n) is 1.70. The Bertz CT molecular complexity index is 375. The molecule has 0 aliphatic carbocycles. The summed E-state index contributed by atoms with van der Waals surface area (Å²) < 4.78 is 17.0. The first-order valence-corrected chi connectivity index (χ1v) is 5.84. The van der Waals surface area contributed by atoms with Gasteiger partial charge in [0.2, 0.25) is 0 Å². The lowest BCUT2D eigenvalue weighted by Gasteiger charge is -2.19. The van der Waals surface area contributed by atoms with Crippen molar-refractivity contribution in [2.45, 2.75) is 19.8 Å². The van der Waals surface area contributed by atoms with Crippen LogP contribution >= 0.6 is 15.9 Å². The normalized spacial score (nSPS) is 10.4. The molecule has 0 radical (unpaired) electrons. The molecule has 0 fully saturated rings. The van der Waals surface area contributed by atoms with Gasteiger partial charge < -0.3 is 14.2 Å². The number of hydrogen-bond donors (Lipinski definition) is 0. The van der Waals surface area contributed by atoms with Crippen LogP contribution in [0.25, 0.3) is 0 Å². The van der Waals surface area contributed by atoms with Crippen molar-refractivity contribution in [3.63, 3.8) is 0 Å². The van der Waals surface area contributed by atoms with Crippen molar-refractivity contribution >= 4 is 15.9 Å². The molecule has 0 aromatic heterocycles. The van der Waals surface area contributed by atoms with E-state index in [2.05, 4.69) is 29.8 Å². The second-order valence-electron chi connectivity index (χ2n) is 3.70. The standard InChI is InChI=1S/C12H17BrO3/c1-7(2)10-11(15-4)8(13)6-9(14-3)12(10)16-5/h6-7H,1-5H3. The summed E-state index contributed by atoms with van der Waals surface area (Å²) in [6.45, 7) is 4.18. The number of ether oxygens (including phenoxy) is 3. The van der Waals surface area contributed by atoms with Gasteiger partial charge in [-0.25, -0.2) is 0 Å². The summed E-state index contributed by atoms with van der Waals surface area (Å²) in [5.41, 5.74) is 1.01. The Balaban J connectivity index is 3.53. The molecule has 0 aliphatic rings. The van der Waals surface area contributed by atoms with Crippen LogP contribution in [0, 0.1) is 0 Å². The lowest BCUT2D eigenvalue weighted by molar-refractivity contribution is 0.340. The highest BCUT2D eigenvalue weighted by Gasteiger charge is 2.21. The first-order valence-electron chi connectivity index (χ1n) is 5.05. The maximum atomic E-state index is 5.40. The van der Waals surface area contributed by atoms with Gasteiger partial charge in [0.25, 0.3) is 0 Å². The van der Waals surface area contributed by atoms with Crippen molar-refractivity contribution in [1.29, 1.82) is 0 Å². The lowest BCUT2D eigenvalue weighted by Crippen LogP contribution is -2.02. The zero-order valence-electron chi connectivity index (χ0n) is 10.3. The molecule has 0 bridgehead atoms. The molecule has 0 unspecified atom stereocenters. The van der Waals surface area contributed by atoms with E-state index >= 15 is 0 Å². The van der Waals surface area contributed by atoms with Gasteiger partial charge in [-0.05, 0) is 21.8 Å². The van der Waals surface area contributed by atoms with E-state index in [1.54, 1.807) is 21.3 Å². The topological polar surface area (TPSA) is 27.7 Å². The van der Waals surface area contributed by atoms with E-state index in [1.807, 2.05) is 6.07 Å². The fourth-order valence-corrected chi connectivity index (χ4v) is 2.29. The summed E-state index contributed by atoms with van der Waals surface area (Å²) in [7, 11) is 4.91. The third-order valence-corrected chi connectivity index (χ3v) is 2.98. The number of rotatable bonds is 4. The van der Waals surface area contributed by atoms with E-state index in [0.717, 1.165) is 21.5 Å². The SMILES string of the molecule is COc1cc(Br)c(OC)c(C(C)C)c1OC. The zero-order chi connectivity index (χ0) is 12.3. The van der Waals surface area contributed by atoms with Gasteiger partial charge >= 0.3 is 0 Å². The van der Waals surface area contributed by atoms with E-state index in [-0.39, 0.29) is 5.92 Å². The van der Waals surface area contributed by atoms with Gasteiger partial charge in [-0.2, -0.15) is 0 Å². The maximum absolute atomic E-state index is 5.40. The van der Waals surface area contributed by atoms with E-state index in [0.29, 0.717) is 5.75 Å². The Hall–Kier alpha value is -0.900. The van der Waals surface area contributed by atoms with Gasteiger partial charge in [-0.1, -0.05) is 13.8 Å². The maximum Gasteiger partial charge on any atom is 0.167 e. The molecule has 0 atom stereocenters. The third kappa shape index (κ3) is 2.26. The average Bonchev–Trinajstić information content (AvgIpc) is 2.27. The monoisotopic (exact) mass is 288 g/mol. The number of halogens is 1. The molecule has 4 heteroatoms. The van der Waals surface area contributed by atoms with Gasteiger partial charge in [-0.3, -0.25) is 0 Å². The first kappa shape index (κ1) is 13.2. The van der Waals surface area contributed by atoms with Crippen LogP contribution in [0.2, 0.25) is 0 Å². The van der Waals surface area contributed by atoms with Gasteiger partial charge in [0, 0.05) is 11.6 Å². The van der Waals surface area contributed by atoms with E-state index in [4.69, 9.17) is 14.2 Å². The second kappa shape index (κ2) is 5.43. The molecule has 1 aromatic carbocycles. The highest BCUT2D eigenvalue weighted by Crippen LogP contribution is 2.46. The van der Waals surface area contributed by atoms with Crippen molar-refractivity contribution in [2.75, 3.05) is 21.3 Å². The Kier molecular flexibility index (Phi) is 4.47. The Morgan fingerprint density at radius 2 is 1.56 bits per heavy atom. The molecule has 0 amide bonds. The van der Waals surface area contributed by atoms with Crippen LogP contribution in [0.1, 0.15) is 25.3 Å². The molecule has 3 nitrogen and oxygen atoms in total. The van der Waals surface area contributed by atoms with Crippen LogP contribution in [-0.2, 0) is 0 Å². The van der Waals surface area contributed by atoms with Gasteiger partial charge in [-0.15, -0.1) is 0 Å². The molecule has 16 heavy (non-hydrogen) atoms. The van der Waals surface area contributed by atoms with E-state index in [9.17, 15) is 0 Å². The summed E-state index contributed by atoms with van der Waals surface area (Å²) in [5.74, 6) is 2.53. The van der Waals surface area contributed by atoms with Crippen LogP contribution < -0.4 is 14.2 Å². The minimum atomic E-state index is 0.288. The smallest absolute Gasteiger partial charge is 0.167 e. The summed E-state index contributed by atoms with van der Waals surface area (Å²) in [5, 5.41) is 0. The molecule has 0 N–H and O–H groups in total. The van der Waals surface area contributed by atoms with Gasteiger partial charge in [0.1, 0.15) is 5.75 Å². The van der Waals surface area contributed by atoms with Crippen LogP contribution in [0.15, 0.2) is 10.5 Å². The van der Waals surface area contributed by atoms with Gasteiger partial charge in [0.05, 0.1) is 25.8 Å². The largest absolute Gasteiger partial charge is 0.495 e. The molecular formula is C12H17BrO3. The highest BCUT2D eigenvalue weighted by atomic mass is 79.9. The minimum absolute atomic E-state index is 0.288. The number of hydrogen-bond acceptors (Lipinski definition) is 3. The molecule has 0 spiro atoms. The highest BCUT2D eigenvalue weighted by molar-refractivity contribution is 9.10. The molecule has 1 aromatic rings. The Labute approximate surface area is 105 Å². The summed E-state index contributed by atoms with van der Waals surface area (Å²) in [4.78, 5) is 0. The molecule has 0 saturated heterocycles. The van der Waals surface area contributed by atoms with Crippen LogP contribution in [0.4, 0.5) is 0 Å². The third-order valence-electron chi connectivity index (χ3n) is 2.39.